The van der Waals surface area contributed by atoms with Gasteiger partial charge >= 0.3 is 0 Å². The van der Waals surface area contributed by atoms with E-state index in [1.807, 2.05) is 24.7 Å². The Morgan fingerprint density at radius 3 is 2.77 bits per heavy atom. The number of hydrogen-bond acceptors (Lipinski definition) is 3. The van der Waals surface area contributed by atoms with Gasteiger partial charge in [-0.2, -0.15) is 5.10 Å². The van der Waals surface area contributed by atoms with Gasteiger partial charge in [0.1, 0.15) is 0 Å². The lowest BCUT2D eigenvalue weighted by Gasteiger charge is -2.01. The Kier molecular flexibility index (Phi) is 5.70. The number of nitrogens with two attached hydrogens (primary N) is 1. The molecule has 1 rings (SSSR count). The lowest BCUT2D eigenvalue weighted by Crippen LogP contribution is -2.09. The molecule has 0 fully saturated rings. The summed E-state index contributed by atoms with van der Waals surface area (Å²) in [5, 5.41) is 4.20. The monoisotopic (exact) mass is 205 g/mol. The number of hydrogen-bond donors (Lipinski definition) is 1. The van der Waals surface area contributed by atoms with E-state index in [0.717, 1.165) is 11.4 Å². The third kappa shape index (κ3) is 3.76. The molecule has 4 nitrogen and oxygen atoms in total. The first-order valence-electron chi connectivity index (χ1n) is 4.01. The van der Waals surface area contributed by atoms with Crippen molar-refractivity contribution in [3.63, 3.8) is 0 Å². The number of aromatic nitrogens is 2. The molecule has 2 N–H and O–H groups in total. The maximum absolute atomic E-state index is 5.29. The highest BCUT2D eigenvalue weighted by Crippen LogP contribution is 2.02. The molecular weight excluding hydrogens is 190 g/mol. The van der Waals surface area contributed by atoms with Crippen molar-refractivity contribution in [2.75, 3.05) is 13.2 Å². The summed E-state index contributed by atoms with van der Waals surface area (Å²) in [6, 6.07) is 2.01. The van der Waals surface area contributed by atoms with Gasteiger partial charge in [-0.25, -0.2) is 0 Å². The molecule has 1 aromatic heterocycles. The lowest BCUT2D eigenvalue weighted by atomic mass is 10.4. The zero-order valence-electron chi connectivity index (χ0n) is 7.99. The van der Waals surface area contributed by atoms with Crippen LogP contribution in [0.4, 0.5) is 0 Å². The largest absolute Gasteiger partial charge is 0.374 e. The molecule has 76 valence electrons. The van der Waals surface area contributed by atoms with Crippen LogP contribution >= 0.6 is 12.4 Å². The summed E-state index contributed by atoms with van der Waals surface area (Å²) >= 11 is 0. The second-order valence-electron chi connectivity index (χ2n) is 2.74. The predicted octanol–water partition coefficient (Wildman–Crippen LogP) is 0.626. The van der Waals surface area contributed by atoms with E-state index < -0.39 is 0 Å². The van der Waals surface area contributed by atoms with Crippen molar-refractivity contribution >= 4 is 12.4 Å². The van der Waals surface area contributed by atoms with Crippen molar-refractivity contribution in [2.24, 2.45) is 12.8 Å². The van der Waals surface area contributed by atoms with Crippen LogP contribution in [0.15, 0.2) is 6.07 Å². The number of halogens is 1. The molecule has 0 bridgehead atoms. The van der Waals surface area contributed by atoms with Gasteiger partial charge in [0.15, 0.2) is 0 Å². The Hall–Kier alpha value is -0.580. The summed E-state index contributed by atoms with van der Waals surface area (Å²) in [6.45, 7) is 3.72. The lowest BCUT2D eigenvalue weighted by molar-refractivity contribution is 0.123. The Labute approximate surface area is 84.5 Å². The molecule has 0 saturated heterocycles. The van der Waals surface area contributed by atoms with Crippen LogP contribution in [0.3, 0.4) is 0 Å². The zero-order chi connectivity index (χ0) is 8.97. The molecule has 0 aliphatic rings. The Morgan fingerprint density at radius 2 is 2.31 bits per heavy atom. The third-order valence-electron chi connectivity index (χ3n) is 1.61. The average Bonchev–Trinajstić information content (AvgIpc) is 2.31. The Bertz CT molecular complexity index is 250. The summed E-state index contributed by atoms with van der Waals surface area (Å²) in [6.07, 6.45) is 0. The van der Waals surface area contributed by atoms with E-state index in [1.165, 1.54) is 0 Å². The molecule has 0 unspecified atom stereocenters. The maximum Gasteiger partial charge on any atom is 0.0885 e. The van der Waals surface area contributed by atoms with Gasteiger partial charge in [-0.3, -0.25) is 4.68 Å². The van der Waals surface area contributed by atoms with E-state index in [-0.39, 0.29) is 12.4 Å². The van der Waals surface area contributed by atoms with E-state index >= 15 is 0 Å². The van der Waals surface area contributed by atoms with Gasteiger partial charge in [0.25, 0.3) is 0 Å². The number of rotatable bonds is 4. The van der Waals surface area contributed by atoms with Crippen molar-refractivity contribution in [3.8, 4) is 0 Å². The van der Waals surface area contributed by atoms with Gasteiger partial charge in [0.2, 0.25) is 0 Å². The van der Waals surface area contributed by atoms with Gasteiger partial charge in [-0.15, -0.1) is 12.4 Å². The SMILES string of the molecule is Cc1cc(COCCN)n(C)n1.Cl. The van der Waals surface area contributed by atoms with Gasteiger partial charge in [-0.1, -0.05) is 0 Å². The summed E-state index contributed by atoms with van der Waals surface area (Å²) < 4.78 is 7.10. The fraction of sp³-hybridized carbons (Fsp3) is 0.625. The maximum atomic E-state index is 5.29. The second kappa shape index (κ2) is 5.96. The minimum atomic E-state index is 0. The fourth-order valence-corrected chi connectivity index (χ4v) is 1.06. The number of nitrogens with zero attached hydrogens (tertiary/aromatic N) is 2. The highest BCUT2D eigenvalue weighted by molar-refractivity contribution is 5.85. The fourth-order valence-electron chi connectivity index (χ4n) is 1.06. The smallest absolute Gasteiger partial charge is 0.0885 e. The van der Waals surface area contributed by atoms with Crippen LogP contribution in [-0.2, 0) is 18.4 Å². The van der Waals surface area contributed by atoms with Crippen molar-refractivity contribution < 1.29 is 4.74 Å². The predicted molar refractivity (Wildman–Crippen MR) is 53.9 cm³/mol. The van der Waals surface area contributed by atoms with Crippen LogP contribution in [0.2, 0.25) is 0 Å². The zero-order valence-corrected chi connectivity index (χ0v) is 8.80. The van der Waals surface area contributed by atoms with Gasteiger partial charge in [0, 0.05) is 13.6 Å². The average molecular weight is 206 g/mol. The van der Waals surface area contributed by atoms with E-state index in [1.54, 1.807) is 0 Å². The van der Waals surface area contributed by atoms with Gasteiger partial charge in [-0.05, 0) is 13.0 Å². The van der Waals surface area contributed by atoms with Gasteiger partial charge < -0.3 is 10.5 Å². The molecule has 0 aromatic carbocycles. The van der Waals surface area contributed by atoms with Crippen LogP contribution in [0.5, 0.6) is 0 Å². The quantitative estimate of drug-likeness (QED) is 0.734. The summed E-state index contributed by atoms with van der Waals surface area (Å²) in [5.74, 6) is 0. The first-order chi connectivity index (χ1) is 5.74. The van der Waals surface area contributed by atoms with E-state index in [2.05, 4.69) is 5.10 Å². The van der Waals surface area contributed by atoms with Crippen LogP contribution < -0.4 is 5.73 Å². The van der Waals surface area contributed by atoms with Crippen LogP contribution in [0.1, 0.15) is 11.4 Å². The minimum Gasteiger partial charge on any atom is -0.374 e. The molecule has 0 radical (unpaired) electrons. The Morgan fingerprint density at radius 1 is 1.62 bits per heavy atom. The van der Waals surface area contributed by atoms with Crippen molar-refractivity contribution in [3.05, 3.63) is 17.5 Å². The minimum absolute atomic E-state index is 0. The van der Waals surface area contributed by atoms with Crippen molar-refractivity contribution in [1.82, 2.24) is 9.78 Å². The molecule has 0 aliphatic heterocycles. The van der Waals surface area contributed by atoms with Crippen LogP contribution in [0, 0.1) is 6.92 Å². The number of ether oxygens (including phenoxy) is 1. The highest BCUT2D eigenvalue weighted by Gasteiger charge is 2.00. The topological polar surface area (TPSA) is 53.1 Å². The summed E-state index contributed by atoms with van der Waals surface area (Å²) in [4.78, 5) is 0. The third-order valence-corrected chi connectivity index (χ3v) is 1.61. The molecule has 0 amide bonds. The summed E-state index contributed by atoms with van der Waals surface area (Å²) in [7, 11) is 1.91. The molecule has 1 heterocycles. The number of aryl methyl sites for hydroxylation is 2. The molecule has 1 aromatic rings. The molecule has 0 saturated carbocycles. The summed E-state index contributed by atoms with van der Waals surface area (Å²) in [5.41, 5.74) is 7.39. The first-order valence-corrected chi connectivity index (χ1v) is 4.01. The van der Waals surface area contributed by atoms with Crippen molar-refractivity contribution in [1.29, 1.82) is 0 Å². The molecular formula is C8H16ClN3O. The molecule has 0 spiro atoms. The van der Waals surface area contributed by atoms with Crippen LogP contribution in [0.25, 0.3) is 0 Å². The molecule has 0 atom stereocenters. The standard InChI is InChI=1S/C8H15N3O.ClH/c1-7-5-8(11(2)10-7)6-12-4-3-9;/h5H,3-4,6,9H2,1-2H3;1H. The van der Waals surface area contributed by atoms with Crippen LogP contribution in [-0.4, -0.2) is 22.9 Å². The molecule has 13 heavy (non-hydrogen) atoms. The highest BCUT2D eigenvalue weighted by atomic mass is 35.5. The second-order valence-corrected chi connectivity index (χ2v) is 2.74. The normalized spacial score (nSPS) is 9.77. The molecule has 0 aliphatic carbocycles. The molecule has 5 heteroatoms. The van der Waals surface area contributed by atoms with E-state index in [0.29, 0.717) is 19.8 Å². The van der Waals surface area contributed by atoms with Crippen molar-refractivity contribution in [2.45, 2.75) is 13.5 Å². The van der Waals surface area contributed by atoms with Gasteiger partial charge in [0.05, 0.1) is 24.6 Å². The van der Waals surface area contributed by atoms with E-state index in [4.69, 9.17) is 10.5 Å². The Balaban J connectivity index is 0.00000144. The van der Waals surface area contributed by atoms with E-state index in [9.17, 15) is 0 Å². The first kappa shape index (κ1) is 12.4.